The molecule has 2 atom stereocenters. The zero-order chi connectivity index (χ0) is 44.4. The minimum Gasteiger partial charge on any atom is -0.465 e. The van der Waals surface area contributed by atoms with E-state index < -0.39 is 12.1 Å². The Kier molecular flexibility index (Phi) is 49.6. The summed E-state index contributed by atoms with van der Waals surface area (Å²) in [4.78, 5) is 24.4. The molecule has 0 radical (unpaired) electrons. The van der Waals surface area contributed by atoms with Crippen LogP contribution in [0.5, 0.6) is 0 Å². The number of rotatable bonds is 50. The Bertz CT molecular complexity index is 951. The van der Waals surface area contributed by atoms with Gasteiger partial charge in [0.1, 0.15) is 0 Å². The van der Waals surface area contributed by atoms with Gasteiger partial charge in [0.25, 0.3) is 0 Å². The van der Waals surface area contributed by atoms with Gasteiger partial charge in [-0.05, 0) is 44.9 Å². The Balaban J connectivity index is 3.44. The van der Waals surface area contributed by atoms with E-state index in [4.69, 9.17) is 4.74 Å². The topological polar surface area (TPSA) is 95.9 Å². The third-order valence-corrected chi connectivity index (χ3v) is 12.5. The lowest BCUT2D eigenvalue weighted by molar-refractivity contribution is -0.143. The van der Waals surface area contributed by atoms with Crippen LogP contribution in [0.1, 0.15) is 290 Å². The molecule has 0 aliphatic heterocycles. The number of aliphatic hydroxyl groups is 2. The van der Waals surface area contributed by atoms with Gasteiger partial charge in [-0.25, -0.2) is 0 Å². The van der Waals surface area contributed by atoms with Gasteiger partial charge in [-0.1, -0.05) is 256 Å². The summed E-state index contributed by atoms with van der Waals surface area (Å²) in [5.41, 5.74) is 0. The number of hydrogen-bond donors (Lipinski definition) is 3. The van der Waals surface area contributed by atoms with Crippen molar-refractivity contribution in [1.82, 2.24) is 5.32 Å². The van der Waals surface area contributed by atoms with E-state index >= 15 is 0 Å². The summed E-state index contributed by atoms with van der Waals surface area (Å²) in [5, 5.41) is 23.1. The minimum atomic E-state index is -0.665. The Morgan fingerprint density at radius 1 is 0.459 bits per heavy atom. The minimum absolute atomic E-state index is 0.0347. The smallest absolute Gasteiger partial charge is 0.305 e. The summed E-state index contributed by atoms with van der Waals surface area (Å²) in [6.07, 6.45) is 60.4. The molecule has 0 aliphatic rings. The van der Waals surface area contributed by atoms with Crippen molar-refractivity contribution >= 4 is 11.9 Å². The van der Waals surface area contributed by atoms with Gasteiger partial charge in [0.15, 0.2) is 0 Å². The Morgan fingerprint density at radius 3 is 1.25 bits per heavy atom. The van der Waals surface area contributed by atoms with E-state index in [1.807, 2.05) is 0 Å². The van der Waals surface area contributed by atoms with Gasteiger partial charge < -0.3 is 20.3 Å². The first-order valence-corrected chi connectivity index (χ1v) is 27.1. The first-order chi connectivity index (χ1) is 30.0. The number of allylic oxidation sites excluding steroid dienone is 3. The number of aliphatic hydroxyl groups excluding tert-OH is 2. The molecule has 1 amide bonds. The highest BCUT2D eigenvalue weighted by molar-refractivity contribution is 5.76. The van der Waals surface area contributed by atoms with Crippen LogP contribution in [0.4, 0.5) is 0 Å². The zero-order valence-electron chi connectivity index (χ0n) is 40.9. The van der Waals surface area contributed by atoms with Crippen molar-refractivity contribution in [3.05, 3.63) is 24.3 Å². The lowest BCUT2D eigenvalue weighted by atomic mass is 10.0. The van der Waals surface area contributed by atoms with Crippen LogP contribution in [0.3, 0.4) is 0 Å². The largest absolute Gasteiger partial charge is 0.465 e. The molecule has 0 aromatic rings. The predicted molar refractivity (Wildman–Crippen MR) is 264 cm³/mol. The van der Waals surface area contributed by atoms with E-state index in [1.165, 1.54) is 205 Å². The van der Waals surface area contributed by atoms with E-state index in [0.717, 1.165) is 51.4 Å². The fourth-order valence-electron chi connectivity index (χ4n) is 8.36. The van der Waals surface area contributed by atoms with Crippen molar-refractivity contribution in [1.29, 1.82) is 0 Å². The number of carbonyl (C=O) groups is 2. The molecule has 2 unspecified atom stereocenters. The van der Waals surface area contributed by atoms with Crippen LogP contribution in [0.25, 0.3) is 0 Å². The molecule has 6 nitrogen and oxygen atoms in total. The molecule has 0 rings (SSSR count). The number of hydrogen-bond acceptors (Lipinski definition) is 5. The summed E-state index contributed by atoms with van der Waals surface area (Å²) in [6, 6.07) is -0.543. The van der Waals surface area contributed by atoms with Crippen LogP contribution < -0.4 is 5.32 Å². The standard InChI is InChI=1S/C55H105NO5/c1-3-5-7-9-11-13-15-29-33-37-41-45-49-55(60)61-50-46-42-38-34-30-26-24-22-20-18-16-17-19-21-23-25-28-32-36-40-44-48-54(59)56-52(51-57)53(58)47-43-39-35-31-27-14-12-10-8-6-4-2/h26,30,38,42,52-53,57-58H,3-25,27-29,31-37,39-41,43-51H2,1-2H3,(H,56,59)/b30-26-,42-38-. The van der Waals surface area contributed by atoms with Crippen LogP contribution in [0.15, 0.2) is 24.3 Å². The summed E-state index contributed by atoms with van der Waals surface area (Å²) >= 11 is 0. The maximum atomic E-state index is 12.4. The monoisotopic (exact) mass is 860 g/mol. The maximum Gasteiger partial charge on any atom is 0.305 e. The van der Waals surface area contributed by atoms with Crippen molar-refractivity contribution in [2.24, 2.45) is 0 Å². The molecule has 0 saturated heterocycles. The molecule has 0 aliphatic carbocycles. The van der Waals surface area contributed by atoms with Gasteiger partial charge in [0.05, 0.1) is 25.4 Å². The normalized spacial score (nSPS) is 12.8. The first kappa shape index (κ1) is 59.3. The lowest BCUT2D eigenvalue weighted by Crippen LogP contribution is -2.45. The van der Waals surface area contributed by atoms with E-state index in [2.05, 4.69) is 43.5 Å². The first-order valence-electron chi connectivity index (χ1n) is 27.1. The van der Waals surface area contributed by atoms with E-state index in [1.54, 1.807) is 0 Å². The quantitative estimate of drug-likeness (QED) is 0.0322. The second kappa shape index (κ2) is 51.0. The summed E-state index contributed by atoms with van der Waals surface area (Å²) in [5.74, 6) is -0.0752. The van der Waals surface area contributed by atoms with E-state index in [0.29, 0.717) is 25.9 Å². The van der Waals surface area contributed by atoms with Gasteiger partial charge in [-0.15, -0.1) is 0 Å². The number of unbranched alkanes of at least 4 members (excludes halogenated alkanes) is 35. The second-order valence-electron chi connectivity index (χ2n) is 18.6. The van der Waals surface area contributed by atoms with Crippen molar-refractivity contribution in [3.63, 3.8) is 0 Å². The van der Waals surface area contributed by atoms with Crippen molar-refractivity contribution in [3.8, 4) is 0 Å². The molecule has 0 saturated carbocycles. The average Bonchev–Trinajstić information content (AvgIpc) is 3.26. The molecule has 0 aromatic heterocycles. The van der Waals surface area contributed by atoms with Gasteiger partial charge >= 0.3 is 5.97 Å². The molecule has 0 spiro atoms. The fraction of sp³-hybridized carbons (Fsp3) is 0.891. The molecule has 0 bridgehead atoms. The Morgan fingerprint density at radius 2 is 0.820 bits per heavy atom. The maximum absolute atomic E-state index is 12.4. The van der Waals surface area contributed by atoms with Crippen LogP contribution in [-0.4, -0.2) is 47.4 Å². The van der Waals surface area contributed by atoms with Crippen molar-refractivity contribution < 1.29 is 24.5 Å². The highest BCUT2D eigenvalue weighted by atomic mass is 16.5. The van der Waals surface area contributed by atoms with Crippen molar-refractivity contribution in [2.45, 2.75) is 302 Å². The lowest BCUT2D eigenvalue weighted by Gasteiger charge is -2.22. The second-order valence-corrected chi connectivity index (χ2v) is 18.6. The number of ether oxygens (including phenoxy) is 1. The molecule has 3 N–H and O–H groups in total. The third kappa shape index (κ3) is 47.7. The molecule has 0 aromatic carbocycles. The highest BCUT2D eigenvalue weighted by Gasteiger charge is 2.20. The van der Waals surface area contributed by atoms with Crippen LogP contribution in [0.2, 0.25) is 0 Å². The molecule has 0 fully saturated rings. The van der Waals surface area contributed by atoms with Crippen LogP contribution in [0, 0.1) is 0 Å². The predicted octanol–water partition coefficient (Wildman–Crippen LogP) is 16.3. The zero-order valence-corrected chi connectivity index (χ0v) is 40.9. The number of esters is 1. The van der Waals surface area contributed by atoms with Crippen LogP contribution in [-0.2, 0) is 14.3 Å². The number of carbonyl (C=O) groups excluding carboxylic acids is 2. The molecular formula is C55H105NO5. The third-order valence-electron chi connectivity index (χ3n) is 12.5. The summed E-state index contributed by atoms with van der Waals surface area (Å²) < 4.78 is 5.40. The molecule has 360 valence electrons. The SMILES string of the molecule is CCCCCCCCCCCCCCC(=O)OCC/C=C\C/C=C\CCCCCCCCCCCCCCCCC(=O)NC(CO)C(O)CCCCCCCCCCCCC. The molecule has 6 heteroatoms. The average molecular weight is 860 g/mol. The van der Waals surface area contributed by atoms with E-state index in [-0.39, 0.29) is 18.5 Å². The van der Waals surface area contributed by atoms with Gasteiger partial charge in [-0.3, -0.25) is 9.59 Å². The number of amides is 1. The van der Waals surface area contributed by atoms with Gasteiger partial charge in [0.2, 0.25) is 5.91 Å². The molecular weight excluding hydrogens is 755 g/mol. The highest BCUT2D eigenvalue weighted by Crippen LogP contribution is 2.17. The van der Waals surface area contributed by atoms with E-state index in [9.17, 15) is 19.8 Å². The van der Waals surface area contributed by atoms with Crippen molar-refractivity contribution in [2.75, 3.05) is 13.2 Å². The van der Waals surface area contributed by atoms with Gasteiger partial charge in [-0.2, -0.15) is 0 Å². The van der Waals surface area contributed by atoms with Gasteiger partial charge in [0, 0.05) is 12.8 Å². The Hall–Kier alpha value is -1.66. The fourth-order valence-corrected chi connectivity index (χ4v) is 8.36. The summed E-state index contributed by atoms with van der Waals surface area (Å²) in [7, 11) is 0. The molecule has 0 heterocycles. The van der Waals surface area contributed by atoms with Crippen LogP contribution >= 0.6 is 0 Å². The summed E-state index contributed by atoms with van der Waals surface area (Å²) in [6.45, 7) is 4.83. The molecule has 61 heavy (non-hydrogen) atoms. The number of nitrogens with one attached hydrogen (secondary N) is 1. The Labute approximate surface area is 380 Å².